The maximum Gasteiger partial charge on any atom is 0.0804 e. The zero-order valence-electron chi connectivity index (χ0n) is 15.4. The highest BCUT2D eigenvalue weighted by Crippen LogP contribution is 2.42. The van der Waals surface area contributed by atoms with Gasteiger partial charge in [-0.15, -0.1) is 0 Å². The summed E-state index contributed by atoms with van der Waals surface area (Å²) in [7, 11) is 0. The number of rotatable bonds is 0. The molecule has 0 aliphatic heterocycles. The molecule has 1 N–H and O–H groups in total. The molecule has 7 aromatic rings. The van der Waals surface area contributed by atoms with E-state index in [1.54, 1.807) is 0 Å². The van der Waals surface area contributed by atoms with Gasteiger partial charge in [-0.1, -0.05) is 76.6 Å². The summed E-state index contributed by atoms with van der Waals surface area (Å²) in [6, 6.07) is 30.5. The van der Waals surface area contributed by atoms with Crippen molar-refractivity contribution < 1.29 is 0 Å². The van der Waals surface area contributed by atoms with Gasteiger partial charge >= 0.3 is 0 Å². The second-order valence-corrected chi connectivity index (χ2v) is 8.46. The average molecular weight is 435 g/mol. The summed E-state index contributed by atoms with van der Waals surface area (Å²) >= 11 is 3.87. The van der Waals surface area contributed by atoms with Crippen molar-refractivity contribution in [3.05, 3.63) is 89.4 Å². The predicted molar refractivity (Wildman–Crippen MR) is 127 cm³/mol. The summed E-state index contributed by atoms with van der Waals surface area (Å²) in [5.74, 6) is 0. The van der Waals surface area contributed by atoms with Crippen LogP contribution in [-0.4, -0.2) is 9.38 Å². The Kier molecular flexibility index (Phi) is 2.90. The molecular formula is C26H15BrN2. The number of H-pyrrole nitrogens is 1. The van der Waals surface area contributed by atoms with E-state index < -0.39 is 0 Å². The Morgan fingerprint density at radius 2 is 1.21 bits per heavy atom. The Hall–Kier alpha value is -3.30. The van der Waals surface area contributed by atoms with Crippen molar-refractivity contribution in [3.63, 3.8) is 0 Å². The molecule has 0 radical (unpaired) electrons. The van der Waals surface area contributed by atoms with Crippen LogP contribution in [0.1, 0.15) is 0 Å². The van der Waals surface area contributed by atoms with Gasteiger partial charge in [0.05, 0.1) is 22.1 Å². The molecule has 0 saturated heterocycles. The highest BCUT2D eigenvalue weighted by Gasteiger charge is 2.19. The molecule has 4 aromatic carbocycles. The largest absolute Gasteiger partial charge is 0.353 e. The summed E-state index contributed by atoms with van der Waals surface area (Å²) in [5, 5.41) is 7.54. The summed E-state index contributed by atoms with van der Waals surface area (Å²) in [6.45, 7) is 0. The van der Waals surface area contributed by atoms with E-state index in [-0.39, 0.29) is 0 Å². The Balaban J connectivity index is 2.05. The summed E-state index contributed by atoms with van der Waals surface area (Å²) in [5.41, 5.74) is 6.07. The van der Waals surface area contributed by atoms with Crippen molar-refractivity contribution >= 4 is 75.8 Å². The van der Waals surface area contributed by atoms with Crippen molar-refractivity contribution in [2.45, 2.75) is 0 Å². The standard InChI is InChI=1S/C26H15BrN2/c27-19-13-14-20-24-23(19)17-9-2-1-7-15(17)16-8-3-5-11-21(16)29-22-12-6-4-10-18(22)25(28-20)26(24)29/h1-14,28H. The van der Waals surface area contributed by atoms with E-state index in [0.29, 0.717) is 0 Å². The number of halogens is 1. The van der Waals surface area contributed by atoms with Crippen molar-refractivity contribution in [2.24, 2.45) is 0 Å². The number of para-hydroxylation sites is 2. The first kappa shape index (κ1) is 15.6. The van der Waals surface area contributed by atoms with Gasteiger partial charge in [0.2, 0.25) is 0 Å². The van der Waals surface area contributed by atoms with E-state index in [1.165, 1.54) is 59.9 Å². The van der Waals surface area contributed by atoms with Crippen LogP contribution in [0.25, 0.3) is 59.9 Å². The van der Waals surface area contributed by atoms with Gasteiger partial charge in [-0.25, -0.2) is 0 Å². The van der Waals surface area contributed by atoms with Crippen LogP contribution in [0.15, 0.2) is 89.4 Å². The van der Waals surface area contributed by atoms with Crippen LogP contribution < -0.4 is 0 Å². The third kappa shape index (κ3) is 1.86. The molecule has 2 nitrogen and oxygen atoms in total. The van der Waals surface area contributed by atoms with Crippen molar-refractivity contribution in [3.8, 4) is 0 Å². The molecule has 0 atom stereocenters. The average Bonchev–Trinajstić information content (AvgIpc) is 3.27. The fourth-order valence-electron chi connectivity index (χ4n) is 5.01. The normalized spacial score (nSPS) is 12.3. The Bertz CT molecular complexity index is 1770. The van der Waals surface area contributed by atoms with Crippen molar-refractivity contribution in [1.82, 2.24) is 9.38 Å². The number of aromatic nitrogens is 2. The molecule has 0 amide bonds. The molecule has 7 rings (SSSR count). The van der Waals surface area contributed by atoms with E-state index in [4.69, 9.17) is 0 Å². The smallest absolute Gasteiger partial charge is 0.0804 e. The van der Waals surface area contributed by atoms with Gasteiger partial charge in [0.1, 0.15) is 0 Å². The lowest BCUT2D eigenvalue weighted by Crippen LogP contribution is -1.89. The topological polar surface area (TPSA) is 20.2 Å². The fourth-order valence-corrected chi connectivity index (χ4v) is 5.56. The SMILES string of the molecule is Brc1ccc2[nH]c3c4ccccc4n4c5ccccc5c5ccccc5c1c2c34. The van der Waals surface area contributed by atoms with Crippen LogP contribution in [0.3, 0.4) is 0 Å². The van der Waals surface area contributed by atoms with Crippen molar-refractivity contribution in [1.29, 1.82) is 0 Å². The van der Waals surface area contributed by atoms with Gasteiger partial charge in [-0.2, -0.15) is 0 Å². The molecule has 3 aromatic heterocycles. The first-order chi connectivity index (χ1) is 14.3. The van der Waals surface area contributed by atoms with Gasteiger partial charge in [-0.3, -0.25) is 0 Å². The number of nitrogens with one attached hydrogen (secondary N) is 1. The van der Waals surface area contributed by atoms with Crippen LogP contribution in [0.5, 0.6) is 0 Å². The van der Waals surface area contributed by atoms with Crippen LogP contribution in [-0.2, 0) is 0 Å². The minimum Gasteiger partial charge on any atom is -0.353 e. The lowest BCUT2D eigenvalue weighted by atomic mass is 10.0. The maximum atomic E-state index is 3.87. The van der Waals surface area contributed by atoms with E-state index in [2.05, 4.69) is 110 Å². The van der Waals surface area contributed by atoms with E-state index in [9.17, 15) is 0 Å². The van der Waals surface area contributed by atoms with E-state index in [1.807, 2.05) is 0 Å². The lowest BCUT2D eigenvalue weighted by molar-refractivity contribution is 1.36. The number of benzene rings is 4. The van der Waals surface area contributed by atoms with Crippen LogP contribution in [0.4, 0.5) is 0 Å². The lowest BCUT2D eigenvalue weighted by Gasteiger charge is -2.10. The van der Waals surface area contributed by atoms with Crippen molar-refractivity contribution in [2.75, 3.05) is 0 Å². The second-order valence-electron chi connectivity index (χ2n) is 7.61. The summed E-state index contributed by atoms with van der Waals surface area (Å²) in [4.78, 5) is 3.73. The highest BCUT2D eigenvalue weighted by molar-refractivity contribution is 9.10. The molecule has 3 heteroatoms. The Morgan fingerprint density at radius 1 is 0.586 bits per heavy atom. The highest BCUT2D eigenvalue weighted by atomic mass is 79.9. The first-order valence-corrected chi connectivity index (χ1v) is 10.5. The third-order valence-electron chi connectivity index (χ3n) is 6.16. The predicted octanol–water partition coefficient (Wildman–Crippen LogP) is 7.80. The molecule has 0 saturated carbocycles. The summed E-state index contributed by atoms with van der Waals surface area (Å²) < 4.78 is 3.56. The monoisotopic (exact) mass is 434 g/mol. The van der Waals surface area contributed by atoms with Gasteiger partial charge < -0.3 is 9.38 Å². The van der Waals surface area contributed by atoms with Gasteiger partial charge in [-0.05, 0) is 35.0 Å². The molecule has 0 spiro atoms. The molecule has 0 unspecified atom stereocenters. The number of hydrogen-bond acceptors (Lipinski definition) is 0. The molecule has 3 heterocycles. The molecule has 0 fully saturated rings. The van der Waals surface area contributed by atoms with Gasteiger partial charge in [0.25, 0.3) is 0 Å². The molecule has 0 aliphatic carbocycles. The molecular weight excluding hydrogens is 420 g/mol. The number of fused-ring (bicyclic) bond motifs is 8. The first-order valence-electron chi connectivity index (χ1n) is 9.75. The number of hydrogen-bond donors (Lipinski definition) is 1. The molecule has 0 aliphatic rings. The van der Waals surface area contributed by atoms with Crippen LogP contribution in [0.2, 0.25) is 0 Å². The van der Waals surface area contributed by atoms with Crippen LogP contribution >= 0.6 is 15.9 Å². The quantitative estimate of drug-likeness (QED) is 0.251. The summed E-state index contributed by atoms with van der Waals surface area (Å²) in [6.07, 6.45) is 0. The Morgan fingerprint density at radius 3 is 2.00 bits per heavy atom. The zero-order chi connectivity index (χ0) is 19.1. The maximum absolute atomic E-state index is 3.87. The second kappa shape index (κ2) is 5.40. The fraction of sp³-hybridized carbons (Fsp3) is 0. The molecule has 29 heavy (non-hydrogen) atoms. The minimum atomic E-state index is 1.12. The number of nitrogens with zero attached hydrogens (tertiary/aromatic N) is 1. The molecule has 0 bridgehead atoms. The zero-order valence-corrected chi connectivity index (χ0v) is 17.0. The third-order valence-corrected chi connectivity index (χ3v) is 6.82. The van der Waals surface area contributed by atoms with Gasteiger partial charge in [0, 0.05) is 31.5 Å². The van der Waals surface area contributed by atoms with Gasteiger partial charge in [0.15, 0.2) is 0 Å². The van der Waals surface area contributed by atoms with E-state index >= 15 is 0 Å². The molecule has 136 valence electrons. The number of aromatic amines is 1. The van der Waals surface area contributed by atoms with E-state index in [0.717, 1.165) is 4.47 Å². The Labute approximate surface area is 174 Å². The minimum absolute atomic E-state index is 1.12. The van der Waals surface area contributed by atoms with Crippen LogP contribution in [0, 0.1) is 0 Å².